The molecule has 4 rings (SSSR count). The molecule has 0 aliphatic carbocycles. The number of benzene rings is 1. The van der Waals surface area contributed by atoms with Crippen LogP contribution in [0.3, 0.4) is 0 Å². The molecule has 124 valence electrons. The Morgan fingerprint density at radius 2 is 1.78 bits per heavy atom. The maximum Gasteiger partial charge on any atom is 0.242 e. The van der Waals surface area contributed by atoms with Gasteiger partial charge in [-0.3, -0.25) is 4.98 Å². The maximum atomic E-state index is 12.8. The molecular weight excluding hydrogens is 334 g/mol. The molecule has 1 aromatic heterocycles. The summed E-state index contributed by atoms with van der Waals surface area (Å²) in [7, 11) is -3.55. The Bertz CT molecular complexity index is 795. The zero-order chi connectivity index (χ0) is 15.2. The maximum absolute atomic E-state index is 12.8. The number of hydrogen-bond donors (Lipinski definition) is 2. The van der Waals surface area contributed by atoms with Gasteiger partial charge in [0.2, 0.25) is 10.0 Å². The highest BCUT2D eigenvalue weighted by atomic mass is 35.5. The number of nitrogens with one attached hydrogen (secondary N) is 2. The van der Waals surface area contributed by atoms with Crippen molar-refractivity contribution in [3.8, 4) is 0 Å². The Balaban J connectivity index is 0.00000156. The molecule has 2 aliphatic heterocycles. The normalized spacial score (nSPS) is 26.9. The summed E-state index contributed by atoms with van der Waals surface area (Å²) in [6.45, 7) is 0. The highest BCUT2D eigenvalue weighted by Crippen LogP contribution is 2.28. The second kappa shape index (κ2) is 6.36. The fraction of sp³-hybridized carbons (Fsp3) is 0.438. The van der Waals surface area contributed by atoms with Crippen molar-refractivity contribution >= 4 is 33.3 Å². The third kappa shape index (κ3) is 3.21. The number of aromatic nitrogens is 1. The van der Waals surface area contributed by atoms with Crippen molar-refractivity contribution in [2.45, 2.75) is 48.7 Å². The monoisotopic (exact) mass is 353 g/mol. The van der Waals surface area contributed by atoms with Crippen molar-refractivity contribution < 1.29 is 8.42 Å². The summed E-state index contributed by atoms with van der Waals surface area (Å²) in [5.41, 5.74) is 0.536. The van der Waals surface area contributed by atoms with Crippen molar-refractivity contribution in [1.82, 2.24) is 15.0 Å². The fourth-order valence-corrected chi connectivity index (χ4v) is 5.17. The lowest BCUT2D eigenvalue weighted by atomic mass is 10.0. The molecule has 7 heteroatoms. The summed E-state index contributed by atoms with van der Waals surface area (Å²) in [5.74, 6) is 0. The summed E-state index contributed by atoms with van der Waals surface area (Å²) < 4.78 is 28.4. The molecule has 0 saturated carbocycles. The molecule has 1 aromatic carbocycles. The van der Waals surface area contributed by atoms with Crippen LogP contribution in [0.1, 0.15) is 25.7 Å². The zero-order valence-corrected chi connectivity index (χ0v) is 14.2. The minimum absolute atomic E-state index is 0. The average molecular weight is 354 g/mol. The first-order valence-electron chi connectivity index (χ1n) is 7.74. The van der Waals surface area contributed by atoms with E-state index in [9.17, 15) is 8.42 Å². The van der Waals surface area contributed by atoms with Gasteiger partial charge in [-0.1, -0.05) is 18.2 Å². The minimum Gasteiger partial charge on any atom is -0.311 e. The van der Waals surface area contributed by atoms with Gasteiger partial charge in [-0.25, -0.2) is 13.1 Å². The Hall–Kier alpha value is -1.21. The van der Waals surface area contributed by atoms with Crippen LogP contribution in [0.2, 0.25) is 0 Å². The molecule has 2 fully saturated rings. The molecule has 23 heavy (non-hydrogen) atoms. The van der Waals surface area contributed by atoms with Crippen LogP contribution in [0.4, 0.5) is 0 Å². The quantitative estimate of drug-likeness (QED) is 0.887. The Morgan fingerprint density at radius 1 is 1.09 bits per heavy atom. The lowest BCUT2D eigenvalue weighted by Gasteiger charge is -2.29. The molecular formula is C16H20ClN3O2S. The van der Waals surface area contributed by atoms with Gasteiger partial charge in [-0.05, 0) is 37.8 Å². The van der Waals surface area contributed by atoms with Gasteiger partial charge in [0.15, 0.2) is 0 Å². The molecule has 0 spiro atoms. The van der Waals surface area contributed by atoms with Gasteiger partial charge in [0.1, 0.15) is 4.90 Å². The van der Waals surface area contributed by atoms with Gasteiger partial charge >= 0.3 is 0 Å². The van der Waals surface area contributed by atoms with E-state index in [0.29, 0.717) is 17.6 Å². The van der Waals surface area contributed by atoms with E-state index in [4.69, 9.17) is 0 Å². The SMILES string of the molecule is Cl.O=S(=O)(NC1CC2CCC(C1)N2)c1cccc2cccnc12. The standard InChI is InChI=1S/C16H19N3O2S.ClH/c20-22(21,19-14-9-12-6-7-13(10-14)18-12)15-5-1-3-11-4-2-8-17-16(11)15;/h1-5,8,12-14,18-19H,6-7,9-10H2;1H. The van der Waals surface area contributed by atoms with Crippen molar-refractivity contribution in [2.75, 3.05) is 0 Å². The number of halogens is 1. The van der Waals surface area contributed by atoms with Gasteiger partial charge in [0.25, 0.3) is 0 Å². The lowest BCUT2D eigenvalue weighted by Crippen LogP contribution is -2.47. The number of para-hydroxylation sites is 1. The number of rotatable bonds is 3. The van der Waals surface area contributed by atoms with E-state index in [2.05, 4.69) is 15.0 Å². The number of nitrogens with zero attached hydrogens (tertiary/aromatic N) is 1. The van der Waals surface area contributed by atoms with E-state index >= 15 is 0 Å². The second-order valence-corrected chi connectivity index (χ2v) is 7.94. The van der Waals surface area contributed by atoms with Gasteiger partial charge in [-0.15, -0.1) is 12.4 Å². The van der Waals surface area contributed by atoms with Gasteiger partial charge in [-0.2, -0.15) is 0 Å². The smallest absolute Gasteiger partial charge is 0.242 e. The fourth-order valence-electron chi connectivity index (χ4n) is 3.73. The molecule has 2 N–H and O–H groups in total. The average Bonchev–Trinajstić information content (AvgIpc) is 2.85. The summed E-state index contributed by atoms with van der Waals surface area (Å²) in [6, 6.07) is 9.91. The number of fused-ring (bicyclic) bond motifs is 3. The number of pyridine rings is 1. The first-order valence-corrected chi connectivity index (χ1v) is 9.22. The third-order valence-corrected chi connectivity index (χ3v) is 6.23. The van der Waals surface area contributed by atoms with E-state index < -0.39 is 10.0 Å². The molecule has 5 nitrogen and oxygen atoms in total. The Kier molecular flexibility index (Phi) is 4.60. The molecule has 2 aliphatic rings. The number of hydrogen-bond acceptors (Lipinski definition) is 4. The number of sulfonamides is 1. The van der Waals surface area contributed by atoms with E-state index in [-0.39, 0.29) is 23.3 Å². The number of piperidine rings is 1. The first kappa shape index (κ1) is 16.6. The summed E-state index contributed by atoms with van der Waals surface area (Å²) in [5, 5.41) is 4.37. The molecule has 2 unspecified atom stereocenters. The van der Waals surface area contributed by atoms with E-state index in [1.165, 1.54) is 0 Å². The molecule has 2 saturated heterocycles. The van der Waals surface area contributed by atoms with Crippen molar-refractivity contribution in [3.05, 3.63) is 36.5 Å². The Morgan fingerprint density at radius 3 is 2.52 bits per heavy atom. The molecule has 2 aromatic rings. The van der Waals surface area contributed by atoms with Gasteiger partial charge in [0.05, 0.1) is 5.52 Å². The van der Waals surface area contributed by atoms with Crippen molar-refractivity contribution in [1.29, 1.82) is 0 Å². The van der Waals surface area contributed by atoms with Crippen LogP contribution in [-0.2, 0) is 10.0 Å². The van der Waals surface area contributed by atoms with E-state index in [0.717, 1.165) is 31.1 Å². The van der Waals surface area contributed by atoms with Crippen molar-refractivity contribution in [3.63, 3.8) is 0 Å². The van der Waals surface area contributed by atoms with Crippen LogP contribution in [0.25, 0.3) is 10.9 Å². The van der Waals surface area contributed by atoms with Crippen LogP contribution >= 0.6 is 12.4 Å². The summed E-state index contributed by atoms with van der Waals surface area (Å²) in [6.07, 6.45) is 5.67. The highest BCUT2D eigenvalue weighted by Gasteiger charge is 2.35. The van der Waals surface area contributed by atoms with E-state index in [1.54, 1.807) is 18.3 Å². The van der Waals surface area contributed by atoms with Crippen LogP contribution in [0, 0.1) is 0 Å². The molecule has 0 amide bonds. The largest absolute Gasteiger partial charge is 0.311 e. The molecule has 0 radical (unpaired) electrons. The minimum atomic E-state index is -3.55. The summed E-state index contributed by atoms with van der Waals surface area (Å²) >= 11 is 0. The van der Waals surface area contributed by atoms with Gasteiger partial charge < -0.3 is 5.32 Å². The molecule has 2 bridgehead atoms. The van der Waals surface area contributed by atoms with Crippen molar-refractivity contribution in [2.24, 2.45) is 0 Å². The summed E-state index contributed by atoms with van der Waals surface area (Å²) in [4.78, 5) is 4.53. The van der Waals surface area contributed by atoms with Crippen LogP contribution in [0.5, 0.6) is 0 Å². The van der Waals surface area contributed by atoms with Crippen LogP contribution < -0.4 is 10.0 Å². The zero-order valence-electron chi connectivity index (χ0n) is 12.6. The van der Waals surface area contributed by atoms with Crippen LogP contribution in [-0.4, -0.2) is 31.5 Å². The second-order valence-electron chi connectivity index (χ2n) is 6.26. The molecule has 3 heterocycles. The molecule has 2 atom stereocenters. The van der Waals surface area contributed by atoms with Crippen LogP contribution in [0.15, 0.2) is 41.4 Å². The highest BCUT2D eigenvalue weighted by molar-refractivity contribution is 7.89. The third-order valence-electron chi connectivity index (χ3n) is 4.68. The van der Waals surface area contributed by atoms with Gasteiger partial charge in [0, 0.05) is 29.7 Å². The topological polar surface area (TPSA) is 71.1 Å². The predicted octanol–water partition coefficient (Wildman–Crippen LogP) is 2.22. The predicted molar refractivity (Wildman–Crippen MR) is 92.3 cm³/mol. The Labute approximate surface area is 142 Å². The van der Waals surface area contributed by atoms with E-state index in [1.807, 2.05) is 18.2 Å². The first-order chi connectivity index (χ1) is 10.6. The lowest BCUT2D eigenvalue weighted by molar-refractivity contribution is 0.345.